The molecule has 10 heteroatoms. The monoisotopic (exact) mass is 488 g/mol. The van der Waals surface area contributed by atoms with E-state index in [1.807, 2.05) is 25.1 Å². The van der Waals surface area contributed by atoms with Gasteiger partial charge in [-0.1, -0.05) is 12.1 Å². The molecule has 0 aromatic heterocycles. The van der Waals surface area contributed by atoms with Crippen LogP contribution in [0.3, 0.4) is 0 Å². The van der Waals surface area contributed by atoms with Crippen molar-refractivity contribution in [1.29, 1.82) is 0 Å². The van der Waals surface area contributed by atoms with Gasteiger partial charge in [0.15, 0.2) is 0 Å². The second kappa shape index (κ2) is 13.1. The van der Waals surface area contributed by atoms with Gasteiger partial charge < -0.3 is 20.7 Å². The Labute approximate surface area is 202 Å². The topological polar surface area (TPSA) is 99.8 Å². The van der Waals surface area contributed by atoms with Crippen molar-refractivity contribution in [2.75, 3.05) is 60.3 Å². The van der Waals surface area contributed by atoms with Crippen molar-refractivity contribution < 1.29 is 23.5 Å². The molecule has 1 heterocycles. The number of nitrogens with one attached hydrogen (secondary N) is 3. The van der Waals surface area contributed by atoms with Gasteiger partial charge in [-0.2, -0.15) is 0 Å². The number of carbonyl (C=O) groups excluding carboxylic acids is 3. The van der Waals surface area contributed by atoms with Crippen LogP contribution >= 0.6 is 11.8 Å². The maximum atomic E-state index is 14.2. The lowest BCUT2D eigenvalue weighted by Gasteiger charge is -2.26. The maximum absolute atomic E-state index is 14.2. The summed E-state index contributed by atoms with van der Waals surface area (Å²) >= 11 is 1.17. The van der Waals surface area contributed by atoms with Gasteiger partial charge in [-0.15, -0.1) is 11.8 Å². The zero-order chi connectivity index (χ0) is 24.3. The second-order valence-electron chi connectivity index (χ2n) is 7.91. The van der Waals surface area contributed by atoms with Crippen molar-refractivity contribution >= 4 is 46.5 Å². The Bertz CT molecular complexity index is 1010. The van der Waals surface area contributed by atoms with Crippen LogP contribution in [0.25, 0.3) is 0 Å². The average molecular weight is 489 g/mol. The molecule has 0 unspecified atom stereocenters. The van der Waals surface area contributed by atoms with Crippen molar-refractivity contribution in [3.05, 3.63) is 53.8 Å². The molecule has 3 rings (SSSR count). The van der Waals surface area contributed by atoms with E-state index in [4.69, 9.17) is 4.74 Å². The lowest BCUT2D eigenvalue weighted by Crippen LogP contribution is -2.38. The molecule has 0 aliphatic carbocycles. The Kier molecular flexibility index (Phi) is 9.87. The minimum atomic E-state index is -0.583. The number of rotatable bonds is 10. The third-order valence-corrected chi connectivity index (χ3v) is 5.98. The maximum Gasteiger partial charge on any atom is 0.234 e. The molecule has 34 heavy (non-hydrogen) atoms. The zero-order valence-electron chi connectivity index (χ0n) is 19.1. The molecule has 0 bridgehead atoms. The van der Waals surface area contributed by atoms with Gasteiger partial charge in [-0.05, 0) is 42.8 Å². The summed E-state index contributed by atoms with van der Waals surface area (Å²) in [5.74, 6) is -1.24. The quantitative estimate of drug-likeness (QED) is 0.475. The molecule has 1 aliphatic rings. The SMILES string of the molecule is Cc1cccc(NC(=O)CSCC(=O)Nc2ccc(F)c(NC(=O)CCN3CCOCC3)c2)c1. The molecule has 1 fully saturated rings. The van der Waals surface area contributed by atoms with Crippen molar-refractivity contribution in [2.45, 2.75) is 13.3 Å². The van der Waals surface area contributed by atoms with E-state index < -0.39 is 5.82 Å². The summed E-state index contributed by atoms with van der Waals surface area (Å²) < 4.78 is 19.4. The number of thioether (sulfide) groups is 1. The Morgan fingerprint density at radius 2 is 1.62 bits per heavy atom. The number of benzene rings is 2. The third-order valence-electron chi connectivity index (χ3n) is 5.05. The van der Waals surface area contributed by atoms with Crippen LogP contribution in [-0.4, -0.2) is 67.0 Å². The van der Waals surface area contributed by atoms with E-state index >= 15 is 0 Å². The number of aryl methyl sites for hydroxylation is 1. The molecular weight excluding hydrogens is 459 g/mol. The first-order valence-electron chi connectivity index (χ1n) is 11.0. The highest BCUT2D eigenvalue weighted by Gasteiger charge is 2.14. The van der Waals surface area contributed by atoms with Crippen LogP contribution in [0, 0.1) is 12.7 Å². The van der Waals surface area contributed by atoms with Crippen molar-refractivity contribution in [3.63, 3.8) is 0 Å². The van der Waals surface area contributed by atoms with E-state index in [2.05, 4.69) is 20.9 Å². The van der Waals surface area contributed by atoms with Crippen LogP contribution in [0.4, 0.5) is 21.5 Å². The largest absolute Gasteiger partial charge is 0.379 e. The summed E-state index contributed by atoms with van der Waals surface area (Å²) in [6, 6.07) is 11.5. The smallest absolute Gasteiger partial charge is 0.234 e. The fourth-order valence-corrected chi connectivity index (χ4v) is 3.97. The molecule has 3 N–H and O–H groups in total. The van der Waals surface area contributed by atoms with Crippen LogP contribution in [0.15, 0.2) is 42.5 Å². The number of morpholine rings is 1. The Morgan fingerprint density at radius 1 is 0.941 bits per heavy atom. The highest BCUT2D eigenvalue weighted by atomic mass is 32.2. The van der Waals surface area contributed by atoms with Gasteiger partial charge in [-0.3, -0.25) is 19.3 Å². The van der Waals surface area contributed by atoms with Gasteiger partial charge in [-0.25, -0.2) is 4.39 Å². The highest BCUT2D eigenvalue weighted by Crippen LogP contribution is 2.20. The summed E-state index contributed by atoms with van der Waals surface area (Å²) in [5.41, 5.74) is 2.12. The molecule has 0 radical (unpaired) electrons. The number of hydrogen-bond acceptors (Lipinski definition) is 6. The number of hydrogen-bond donors (Lipinski definition) is 3. The van der Waals surface area contributed by atoms with E-state index in [0.29, 0.717) is 31.1 Å². The van der Waals surface area contributed by atoms with Gasteiger partial charge in [0, 0.05) is 37.4 Å². The molecule has 2 aromatic carbocycles. The normalized spacial score (nSPS) is 13.8. The van der Waals surface area contributed by atoms with Gasteiger partial charge in [0.05, 0.1) is 30.4 Å². The van der Waals surface area contributed by atoms with E-state index in [-0.39, 0.29) is 41.3 Å². The summed E-state index contributed by atoms with van der Waals surface area (Å²) in [6.07, 6.45) is 0.233. The Hall–Kier alpha value is -2.95. The average Bonchev–Trinajstić information content (AvgIpc) is 2.80. The molecule has 0 spiro atoms. The number of anilines is 3. The standard InChI is InChI=1S/C24H29FN4O4S/c1-17-3-2-4-18(13-17)26-23(31)15-34-16-24(32)27-19-5-6-20(25)21(14-19)28-22(30)7-8-29-9-11-33-12-10-29/h2-6,13-14H,7-12,15-16H2,1H3,(H,26,31)(H,27,32)(H,28,30). The molecule has 2 aromatic rings. The molecule has 3 amide bonds. The first kappa shape index (κ1) is 25.7. The van der Waals surface area contributed by atoms with Gasteiger partial charge in [0.25, 0.3) is 0 Å². The fourth-order valence-electron chi connectivity index (χ4n) is 3.35. The Balaban J connectivity index is 1.41. The summed E-state index contributed by atoms with van der Waals surface area (Å²) in [5, 5.41) is 8.02. The van der Waals surface area contributed by atoms with Crippen LogP contribution in [0.1, 0.15) is 12.0 Å². The van der Waals surface area contributed by atoms with Crippen LogP contribution in [0.2, 0.25) is 0 Å². The van der Waals surface area contributed by atoms with Gasteiger partial charge in [0.1, 0.15) is 5.82 Å². The second-order valence-corrected chi connectivity index (χ2v) is 8.89. The predicted molar refractivity (Wildman–Crippen MR) is 133 cm³/mol. The lowest BCUT2D eigenvalue weighted by molar-refractivity contribution is -0.117. The molecule has 1 aliphatic heterocycles. The van der Waals surface area contributed by atoms with Crippen LogP contribution in [0.5, 0.6) is 0 Å². The van der Waals surface area contributed by atoms with E-state index in [1.165, 1.54) is 30.0 Å². The summed E-state index contributed by atoms with van der Waals surface area (Å²) in [4.78, 5) is 38.6. The van der Waals surface area contributed by atoms with Gasteiger partial charge in [0.2, 0.25) is 17.7 Å². The fraction of sp³-hybridized carbons (Fsp3) is 0.375. The molecule has 0 saturated carbocycles. The number of ether oxygens (including phenoxy) is 1. The number of carbonyl (C=O) groups is 3. The van der Waals surface area contributed by atoms with Gasteiger partial charge >= 0.3 is 0 Å². The minimum absolute atomic E-state index is 0.00922. The molecule has 182 valence electrons. The summed E-state index contributed by atoms with van der Waals surface area (Å²) in [6.45, 7) is 5.35. The van der Waals surface area contributed by atoms with E-state index in [0.717, 1.165) is 18.7 Å². The van der Waals surface area contributed by atoms with Crippen molar-refractivity contribution in [3.8, 4) is 0 Å². The predicted octanol–water partition coefficient (Wildman–Crippen LogP) is 3.11. The highest BCUT2D eigenvalue weighted by molar-refractivity contribution is 8.00. The molecule has 1 saturated heterocycles. The third kappa shape index (κ3) is 8.77. The van der Waals surface area contributed by atoms with E-state index in [9.17, 15) is 18.8 Å². The Morgan fingerprint density at radius 3 is 2.29 bits per heavy atom. The first-order chi connectivity index (χ1) is 16.4. The molecule has 0 atom stereocenters. The van der Waals surface area contributed by atoms with Crippen LogP contribution < -0.4 is 16.0 Å². The first-order valence-corrected chi connectivity index (χ1v) is 12.2. The van der Waals surface area contributed by atoms with E-state index in [1.54, 1.807) is 6.07 Å². The molecule has 8 nitrogen and oxygen atoms in total. The number of amides is 3. The number of halogens is 1. The molecular formula is C24H29FN4O4S. The van der Waals surface area contributed by atoms with Crippen molar-refractivity contribution in [2.24, 2.45) is 0 Å². The lowest BCUT2D eigenvalue weighted by atomic mass is 10.2. The number of nitrogens with zero attached hydrogens (tertiary/aromatic N) is 1. The summed E-state index contributed by atoms with van der Waals surface area (Å²) in [7, 11) is 0. The minimum Gasteiger partial charge on any atom is -0.379 e. The van der Waals surface area contributed by atoms with Crippen molar-refractivity contribution in [1.82, 2.24) is 4.90 Å². The van der Waals surface area contributed by atoms with Crippen LogP contribution in [-0.2, 0) is 19.1 Å². The zero-order valence-corrected chi connectivity index (χ0v) is 19.9.